The van der Waals surface area contributed by atoms with E-state index in [1.54, 1.807) is 7.11 Å². The topological polar surface area (TPSA) is 64.1 Å². The third kappa shape index (κ3) is 9.11. The number of aliphatic imine (C=N–C) groups is 1. The molecule has 1 aliphatic carbocycles. The quantitative estimate of drug-likeness (QED) is 0.329. The van der Waals surface area contributed by atoms with Gasteiger partial charge in [-0.2, -0.15) is 0 Å². The SMILES string of the molecule is CCNC(=NCCCOC1CCCC1)Nc1cccc(OCCCOC)c1. The van der Waals surface area contributed by atoms with Crippen LogP contribution < -0.4 is 15.4 Å². The van der Waals surface area contributed by atoms with E-state index in [1.165, 1.54) is 25.7 Å². The van der Waals surface area contributed by atoms with Gasteiger partial charge in [0.2, 0.25) is 0 Å². The molecule has 1 fully saturated rings. The van der Waals surface area contributed by atoms with Crippen molar-refractivity contribution in [3.05, 3.63) is 24.3 Å². The van der Waals surface area contributed by atoms with E-state index in [4.69, 9.17) is 14.2 Å². The summed E-state index contributed by atoms with van der Waals surface area (Å²) in [5, 5.41) is 6.63. The first-order chi connectivity index (χ1) is 13.3. The minimum absolute atomic E-state index is 0.479. The van der Waals surface area contributed by atoms with Crippen LogP contribution in [0.3, 0.4) is 0 Å². The molecule has 0 atom stereocenters. The van der Waals surface area contributed by atoms with Gasteiger partial charge in [0.05, 0.1) is 12.7 Å². The number of ether oxygens (including phenoxy) is 3. The maximum Gasteiger partial charge on any atom is 0.195 e. The summed E-state index contributed by atoms with van der Waals surface area (Å²) in [6, 6.07) is 7.94. The van der Waals surface area contributed by atoms with Gasteiger partial charge >= 0.3 is 0 Å². The number of hydrogen-bond acceptors (Lipinski definition) is 4. The van der Waals surface area contributed by atoms with Gasteiger partial charge in [0.1, 0.15) is 5.75 Å². The molecular weight excluding hydrogens is 342 g/mol. The summed E-state index contributed by atoms with van der Waals surface area (Å²) in [7, 11) is 1.70. The largest absolute Gasteiger partial charge is 0.493 e. The molecule has 0 saturated heterocycles. The van der Waals surface area contributed by atoms with Crippen LogP contribution in [0.5, 0.6) is 5.75 Å². The summed E-state index contributed by atoms with van der Waals surface area (Å²) >= 11 is 0. The Morgan fingerprint density at radius 3 is 2.78 bits per heavy atom. The number of benzene rings is 1. The standard InChI is InChI=1S/C21H35N3O3/c1-3-22-21(23-13-7-15-26-19-10-4-5-11-19)24-18-9-6-12-20(17-18)27-16-8-14-25-2/h6,9,12,17,19H,3-5,7-8,10-11,13-16H2,1-2H3,(H2,22,23,24). The first-order valence-corrected chi connectivity index (χ1v) is 10.2. The normalized spacial score (nSPS) is 15.1. The van der Waals surface area contributed by atoms with Gasteiger partial charge in [-0.25, -0.2) is 0 Å². The van der Waals surface area contributed by atoms with E-state index < -0.39 is 0 Å². The molecule has 6 heteroatoms. The van der Waals surface area contributed by atoms with Gasteiger partial charge < -0.3 is 24.8 Å². The highest BCUT2D eigenvalue weighted by Crippen LogP contribution is 2.21. The first-order valence-electron chi connectivity index (χ1n) is 10.2. The molecule has 6 nitrogen and oxygen atoms in total. The predicted molar refractivity (Wildman–Crippen MR) is 111 cm³/mol. The highest BCUT2D eigenvalue weighted by Gasteiger charge is 2.14. The zero-order chi connectivity index (χ0) is 19.2. The van der Waals surface area contributed by atoms with E-state index >= 15 is 0 Å². The summed E-state index contributed by atoms with van der Waals surface area (Å²) in [6.07, 6.45) is 7.36. The van der Waals surface area contributed by atoms with Crippen molar-refractivity contribution < 1.29 is 14.2 Å². The van der Waals surface area contributed by atoms with Crippen molar-refractivity contribution in [1.29, 1.82) is 0 Å². The second-order valence-corrected chi connectivity index (χ2v) is 6.74. The summed E-state index contributed by atoms with van der Waals surface area (Å²) in [5.41, 5.74) is 0.959. The van der Waals surface area contributed by atoms with E-state index in [0.717, 1.165) is 49.9 Å². The molecule has 0 radical (unpaired) electrons. The molecule has 0 spiro atoms. The number of nitrogens with zero attached hydrogens (tertiary/aromatic N) is 1. The molecule has 1 aliphatic rings. The van der Waals surface area contributed by atoms with Gasteiger partial charge in [-0.3, -0.25) is 4.99 Å². The lowest BCUT2D eigenvalue weighted by atomic mass is 10.3. The Morgan fingerprint density at radius 1 is 1.15 bits per heavy atom. The Bertz CT molecular complexity index is 545. The number of nitrogens with one attached hydrogen (secondary N) is 2. The van der Waals surface area contributed by atoms with Gasteiger partial charge in [0.15, 0.2) is 5.96 Å². The van der Waals surface area contributed by atoms with Crippen LogP contribution in [0, 0.1) is 0 Å². The molecule has 0 aromatic heterocycles. The van der Waals surface area contributed by atoms with Crippen LogP contribution in [0.15, 0.2) is 29.3 Å². The minimum atomic E-state index is 0.479. The van der Waals surface area contributed by atoms with Crippen molar-refractivity contribution >= 4 is 11.6 Å². The van der Waals surface area contributed by atoms with Gasteiger partial charge in [-0.15, -0.1) is 0 Å². The van der Waals surface area contributed by atoms with Gasteiger partial charge in [-0.1, -0.05) is 18.9 Å². The fourth-order valence-corrected chi connectivity index (χ4v) is 3.06. The molecule has 2 rings (SSSR count). The first kappa shape index (κ1) is 21.5. The molecule has 1 saturated carbocycles. The van der Waals surface area contributed by atoms with Crippen LogP contribution in [0.25, 0.3) is 0 Å². The highest BCUT2D eigenvalue weighted by molar-refractivity contribution is 5.93. The molecule has 0 bridgehead atoms. The molecule has 1 aromatic carbocycles. The summed E-state index contributed by atoms with van der Waals surface area (Å²) in [4.78, 5) is 4.65. The highest BCUT2D eigenvalue weighted by atomic mass is 16.5. The number of methoxy groups -OCH3 is 1. The van der Waals surface area contributed by atoms with Gasteiger partial charge in [0.25, 0.3) is 0 Å². The number of hydrogen-bond donors (Lipinski definition) is 2. The molecule has 0 unspecified atom stereocenters. The predicted octanol–water partition coefficient (Wildman–Crippen LogP) is 3.83. The Morgan fingerprint density at radius 2 is 2.00 bits per heavy atom. The number of rotatable bonds is 12. The average Bonchev–Trinajstić information content (AvgIpc) is 3.19. The van der Waals surface area contributed by atoms with Crippen LogP contribution >= 0.6 is 0 Å². The van der Waals surface area contributed by atoms with Crippen molar-refractivity contribution in [1.82, 2.24) is 5.32 Å². The lowest BCUT2D eigenvalue weighted by molar-refractivity contribution is 0.0579. The molecule has 0 aliphatic heterocycles. The van der Waals surface area contributed by atoms with Crippen molar-refractivity contribution in [2.24, 2.45) is 4.99 Å². The Balaban J connectivity index is 1.75. The third-order valence-corrected chi connectivity index (χ3v) is 4.43. The van der Waals surface area contributed by atoms with Crippen LogP contribution in [0.1, 0.15) is 45.4 Å². The van der Waals surface area contributed by atoms with Crippen molar-refractivity contribution in [3.8, 4) is 5.75 Å². The Kier molecular flexibility index (Phi) is 10.7. The van der Waals surface area contributed by atoms with Crippen LogP contribution in [-0.4, -0.2) is 52.1 Å². The molecular formula is C21H35N3O3. The van der Waals surface area contributed by atoms with Crippen molar-refractivity contribution in [2.75, 3.05) is 45.3 Å². The fourth-order valence-electron chi connectivity index (χ4n) is 3.06. The molecule has 27 heavy (non-hydrogen) atoms. The zero-order valence-corrected chi connectivity index (χ0v) is 16.8. The lowest BCUT2D eigenvalue weighted by Crippen LogP contribution is -2.30. The maximum atomic E-state index is 5.90. The van der Waals surface area contributed by atoms with E-state index in [-0.39, 0.29) is 0 Å². The molecule has 1 aromatic rings. The smallest absolute Gasteiger partial charge is 0.195 e. The Hall–Kier alpha value is -1.79. The Labute approximate surface area is 163 Å². The van der Waals surface area contributed by atoms with E-state index in [0.29, 0.717) is 19.3 Å². The number of anilines is 1. The summed E-state index contributed by atoms with van der Waals surface area (Å²) in [5.74, 6) is 1.63. The minimum Gasteiger partial charge on any atom is -0.493 e. The van der Waals surface area contributed by atoms with Gasteiger partial charge in [0, 0.05) is 51.6 Å². The zero-order valence-electron chi connectivity index (χ0n) is 16.8. The fraction of sp³-hybridized carbons (Fsp3) is 0.667. The number of guanidine groups is 1. The maximum absolute atomic E-state index is 5.90. The van der Waals surface area contributed by atoms with E-state index in [9.17, 15) is 0 Å². The lowest BCUT2D eigenvalue weighted by Gasteiger charge is -2.13. The second kappa shape index (κ2) is 13.4. The van der Waals surface area contributed by atoms with E-state index in [1.807, 2.05) is 24.3 Å². The summed E-state index contributed by atoms with van der Waals surface area (Å²) in [6.45, 7) is 5.77. The van der Waals surface area contributed by atoms with Gasteiger partial charge in [-0.05, 0) is 38.3 Å². The molecule has 0 amide bonds. The molecule has 2 N–H and O–H groups in total. The van der Waals surface area contributed by atoms with Crippen LogP contribution in [0.2, 0.25) is 0 Å². The third-order valence-electron chi connectivity index (χ3n) is 4.43. The monoisotopic (exact) mass is 377 g/mol. The molecule has 152 valence electrons. The van der Waals surface area contributed by atoms with Crippen LogP contribution in [-0.2, 0) is 9.47 Å². The molecule has 0 heterocycles. The second-order valence-electron chi connectivity index (χ2n) is 6.74. The van der Waals surface area contributed by atoms with Crippen molar-refractivity contribution in [3.63, 3.8) is 0 Å². The summed E-state index contributed by atoms with van der Waals surface area (Å²) < 4.78 is 16.7. The van der Waals surface area contributed by atoms with E-state index in [2.05, 4.69) is 22.5 Å². The van der Waals surface area contributed by atoms with Crippen molar-refractivity contribution in [2.45, 2.75) is 51.6 Å². The average molecular weight is 378 g/mol. The van der Waals surface area contributed by atoms with Crippen LogP contribution in [0.4, 0.5) is 5.69 Å².